The van der Waals surface area contributed by atoms with Gasteiger partial charge < -0.3 is 15.8 Å². The molecule has 0 aliphatic rings. The van der Waals surface area contributed by atoms with Crippen molar-refractivity contribution in [1.82, 2.24) is 0 Å². The second-order valence-electron chi connectivity index (χ2n) is 4.59. The Hall–Kier alpha value is -1.92. The number of amides is 1. The summed E-state index contributed by atoms with van der Waals surface area (Å²) < 4.78 is 5.73. The van der Waals surface area contributed by atoms with E-state index in [0.29, 0.717) is 23.5 Å². The number of thiophene rings is 1. The molecule has 0 radical (unpaired) electrons. The van der Waals surface area contributed by atoms with Gasteiger partial charge in [0.15, 0.2) is 0 Å². The second kappa shape index (κ2) is 7.19. The Balaban J connectivity index is 2.27. The maximum Gasteiger partial charge on any atom is 0.350 e. The van der Waals surface area contributed by atoms with Crippen molar-refractivity contribution < 1.29 is 14.3 Å². The lowest BCUT2D eigenvalue weighted by Gasteiger charge is -2.06. The summed E-state index contributed by atoms with van der Waals surface area (Å²) in [5.41, 5.74) is 5.96. The molecule has 0 atom stereocenters. The minimum Gasteiger partial charge on any atom is -0.465 e. The molecule has 0 saturated carbocycles. The lowest BCUT2D eigenvalue weighted by Crippen LogP contribution is -2.14. The first-order chi connectivity index (χ1) is 10.2. The van der Waals surface area contributed by atoms with Crippen molar-refractivity contribution in [2.75, 3.05) is 19.0 Å². The topological polar surface area (TPSA) is 81.4 Å². The van der Waals surface area contributed by atoms with Crippen molar-refractivity contribution in [2.45, 2.75) is 19.3 Å². The Kier molecular flexibility index (Phi) is 5.30. The summed E-state index contributed by atoms with van der Waals surface area (Å²) in [5, 5.41) is 3.69. The van der Waals surface area contributed by atoms with Crippen LogP contribution in [-0.2, 0) is 9.53 Å². The van der Waals surface area contributed by atoms with Crippen molar-refractivity contribution in [3.8, 4) is 0 Å². The zero-order valence-corrected chi connectivity index (χ0v) is 12.7. The third-order valence-corrected chi connectivity index (χ3v) is 4.24. The summed E-state index contributed by atoms with van der Waals surface area (Å²) in [6.07, 6.45) is 1.93. The van der Waals surface area contributed by atoms with Gasteiger partial charge in [-0.15, -0.1) is 11.3 Å². The van der Waals surface area contributed by atoms with Gasteiger partial charge in [0.05, 0.1) is 12.8 Å². The molecular weight excluding hydrogens is 288 g/mol. The number of fused-ring (bicyclic) bond motifs is 1. The lowest BCUT2D eigenvalue weighted by atomic mass is 10.2. The number of benzene rings is 1. The van der Waals surface area contributed by atoms with Gasteiger partial charge in [-0.1, -0.05) is 18.2 Å². The summed E-state index contributed by atoms with van der Waals surface area (Å²) in [6.45, 7) is 0.572. The first kappa shape index (κ1) is 15.5. The van der Waals surface area contributed by atoms with E-state index in [1.807, 2.05) is 24.3 Å². The van der Waals surface area contributed by atoms with Crippen molar-refractivity contribution in [3.63, 3.8) is 0 Å². The molecule has 0 saturated heterocycles. The molecule has 0 fully saturated rings. The monoisotopic (exact) mass is 306 g/mol. The van der Waals surface area contributed by atoms with E-state index in [2.05, 4.69) is 5.32 Å². The third kappa shape index (κ3) is 3.59. The van der Waals surface area contributed by atoms with Crippen LogP contribution >= 0.6 is 11.3 Å². The molecule has 112 valence electrons. The fourth-order valence-corrected chi connectivity index (χ4v) is 3.11. The minimum absolute atomic E-state index is 0.114. The van der Waals surface area contributed by atoms with Crippen molar-refractivity contribution >= 4 is 39.0 Å². The summed E-state index contributed by atoms with van der Waals surface area (Å²) in [6, 6.07) is 7.57. The zero-order chi connectivity index (χ0) is 15.2. The molecule has 5 nitrogen and oxygen atoms in total. The van der Waals surface area contributed by atoms with Gasteiger partial charge >= 0.3 is 5.97 Å². The largest absolute Gasteiger partial charge is 0.465 e. The maximum absolute atomic E-state index is 12.0. The van der Waals surface area contributed by atoms with E-state index in [1.54, 1.807) is 0 Å². The Morgan fingerprint density at radius 2 is 2.05 bits per heavy atom. The SMILES string of the molecule is COC(=O)c1sc2ccccc2c1NC(=O)CCCCN. The smallest absolute Gasteiger partial charge is 0.350 e. The number of ether oxygens (including phenoxy) is 1. The first-order valence-electron chi connectivity index (χ1n) is 6.77. The van der Waals surface area contributed by atoms with Gasteiger partial charge in [-0.3, -0.25) is 4.79 Å². The van der Waals surface area contributed by atoms with Crippen LogP contribution < -0.4 is 11.1 Å². The zero-order valence-electron chi connectivity index (χ0n) is 11.8. The van der Waals surface area contributed by atoms with Crippen molar-refractivity contribution in [1.29, 1.82) is 0 Å². The number of hydrogen-bond donors (Lipinski definition) is 2. The number of anilines is 1. The Morgan fingerprint density at radius 3 is 2.76 bits per heavy atom. The van der Waals surface area contributed by atoms with Crippen LogP contribution in [0.5, 0.6) is 0 Å². The van der Waals surface area contributed by atoms with Crippen LogP contribution in [-0.4, -0.2) is 25.5 Å². The molecule has 6 heteroatoms. The number of nitrogens with one attached hydrogen (secondary N) is 1. The second-order valence-corrected chi connectivity index (χ2v) is 5.64. The number of methoxy groups -OCH3 is 1. The van der Waals surface area contributed by atoms with Gasteiger partial charge in [-0.2, -0.15) is 0 Å². The molecule has 3 N–H and O–H groups in total. The predicted octanol–water partition coefficient (Wildman–Crippen LogP) is 2.76. The molecule has 0 aliphatic carbocycles. The molecule has 0 unspecified atom stereocenters. The fourth-order valence-electron chi connectivity index (χ4n) is 2.04. The number of carbonyl (C=O) groups is 2. The highest BCUT2D eigenvalue weighted by atomic mass is 32.1. The first-order valence-corrected chi connectivity index (χ1v) is 7.58. The van der Waals surface area contributed by atoms with Crippen molar-refractivity contribution in [3.05, 3.63) is 29.1 Å². The maximum atomic E-state index is 12.0. The molecule has 2 aromatic rings. The van der Waals surface area contributed by atoms with E-state index in [9.17, 15) is 9.59 Å². The normalized spacial score (nSPS) is 10.6. The van der Waals surface area contributed by atoms with Gasteiger partial charge in [0.25, 0.3) is 0 Å². The van der Waals surface area contributed by atoms with Gasteiger partial charge in [0, 0.05) is 16.5 Å². The van der Waals surface area contributed by atoms with Crippen LogP contribution in [0.25, 0.3) is 10.1 Å². The molecule has 0 bridgehead atoms. The Morgan fingerprint density at radius 1 is 1.29 bits per heavy atom. The molecule has 0 aliphatic heterocycles. The fraction of sp³-hybridized carbons (Fsp3) is 0.333. The standard InChI is InChI=1S/C15H18N2O3S/c1-20-15(19)14-13(17-12(18)8-4-5-9-16)10-6-2-3-7-11(10)21-14/h2-3,6-7H,4-5,8-9,16H2,1H3,(H,17,18). The highest BCUT2D eigenvalue weighted by Crippen LogP contribution is 2.36. The number of carbonyl (C=O) groups excluding carboxylic acids is 2. The summed E-state index contributed by atoms with van der Waals surface area (Å²) >= 11 is 1.32. The van der Waals surface area contributed by atoms with E-state index in [0.717, 1.165) is 22.9 Å². The van der Waals surface area contributed by atoms with Crippen LogP contribution in [0.2, 0.25) is 0 Å². The van der Waals surface area contributed by atoms with E-state index in [-0.39, 0.29) is 5.91 Å². The molecule has 1 amide bonds. The van der Waals surface area contributed by atoms with E-state index in [1.165, 1.54) is 18.4 Å². The van der Waals surface area contributed by atoms with Crippen LogP contribution in [0.4, 0.5) is 5.69 Å². The lowest BCUT2D eigenvalue weighted by molar-refractivity contribution is -0.116. The summed E-state index contributed by atoms with van der Waals surface area (Å²) in [4.78, 5) is 24.3. The van der Waals surface area contributed by atoms with Gasteiger partial charge in [-0.25, -0.2) is 4.79 Å². The molecular formula is C15H18N2O3S. The van der Waals surface area contributed by atoms with Gasteiger partial charge in [-0.05, 0) is 25.5 Å². The number of unbranched alkanes of at least 4 members (excludes halogenated alkanes) is 1. The van der Waals surface area contributed by atoms with Gasteiger partial charge in [0.2, 0.25) is 5.91 Å². The Bertz CT molecular complexity index is 651. The average Bonchev–Trinajstić information content (AvgIpc) is 2.85. The number of rotatable bonds is 6. The highest BCUT2D eigenvalue weighted by molar-refractivity contribution is 7.21. The third-order valence-electron chi connectivity index (χ3n) is 3.09. The van der Waals surface area contributed by atoms with Crippen LogP contribution in [0, 0.1) is 0 Å². The molecule has 2 rings (SSSR count). The van der Waals surface area contributed by atoms with Crippen molar-refractivity contribution in [2.24, 2.45) is 5.73 Å². The average molecular weight is 306 g/mol. The van der Waals surface area contributed by atoms with E-state index in [4.69, 9.17) is 10.5 Å². The number of nitrogens with two attached hydrogens (primary N) is 1. The number of hydrogen-bond acceptors (Lipinski definition) is 5. The Labute approximate surface area is 127 Å². The molecule has 1 aromatic heterocycles. The van der Waals surface area contributed by atoms with Crippen LogP contribution in [0.3, 0.4) is 0 Å². The highest BCUT2D eigenvalue weighted by Gasteiger charge is 2.20. The number of esters is 1. The van der Waals surface area contributed by atoms with E-state index >= 15 is 0 Å². The molecule has 21 heavy (non-hydrogen) atoms. The minimum atomic E-state index is -0.437. The van der Waals surface area contributed by atoms with Crippen LogP contribution in [0.1, 0.15) is 28.9 Å². The predicted molar refractivity (Wildman–Crippen MR) is 84.7 cm³/mol. The molecule has 0 spiro atoms. The quantitative estimate of drug-likeness (QED) is 0.635. The van der Waals surface area contributed by atoms with Gasteiger partial charge in [0.1, 0.15) is 4.88 Å². The van der Waals surface area contributed by atoms with Crippen LogP contribution in [0.15, 0.2) is 24.3 Å². The van der Waals surface area contributed by atoms with E-state index < -0.39 is 5.97 Å². The summed E-state index contributed by atoms with van der Waals surface area (Å²) in [7, 11) is 1.33. The molecule has 1 aromatic carbocycles. The molecule has 1 heterocycles. The summed E-state index contributed by atoms with van der Waals surface area (Å²) in [5.74, 6) is -0.550.